The fourth-order valence-electron chi connectivity index (χ4n) is 1.01. The van der Waals surface area contributed by atoms with E-state index in [2.05, 4.69) is 6.58 Å². The van der Waals surface area contributed by atoms with E-state index in [1.165, 1.54) is 0 Å². The third-order valence-electron chi connectivity index (χ3n) is 1.82. The van der Waals surface area contributed by atoms with Crippen molar-refractivity contribution in [2.45, 2.75) is 13.0 Å². The summed E-state index contributed by atoms with van der Waals surface area (Å²) in [4.78, 5) is 0. The van der Waals surface area contributed by atoms with E-state index in [-0.39, 0.29) is 6.04 Å². The molecule has 0 saturated heterocycles. The van der Waals surface area contributed by atoms with Gasteiger partial charge in [-0.2, -0.15) is 0 Å². The van der Waals surface area contributed by atoms with E-state index < -0.39 is 0 Å². The average Bonchev–Trinajstić information content (AvgIpc) is 2.08. The molecule has 0 amide bonds. The molecule has 2 heteroatoms. The van der Waals surface area contributed by atoms with Gasteiger partial charge in [0.05, 0.1) is 0 Å². The van der Waals surface area contributed by atoms with Crippen molar-refractivity contribution in [3.8, 4) is 0 Å². The molecule has 0 aliphatic carbocycles. The lowest BCUT2D eigenvalue weighted by atomic mass is 10.1. The Balaban J connectivity index is 3.04. The quantitative estimate of drug-likeness (QED) is 0.698. The number of rotatable bonds is 2. The lowest BCUT2D eigenvalue weighted by Gasteiger charge is -2.07. The second-order valence-electron chi connectivity index (χ2n) is 2.77. The Morgan fingerprint density at radius 3 is 2.75 bits per heavy atom. The van der Waals surface area contributed by atoms with Gasteiger partial charge in [-0.15, -0.1) is 6.58 Å². The molecule has 1 atom stereocenters. The number of benzene rings is 1. The number of nitrogens with two attached hydrogens (primary N) is 1. The van der Waals surface area contributed by atoms with Crippen molar-refractivity contribution in [1.82, 2.24) is 0 Å². The highest BCUT2D eigenvalue weighted by Crippen LogP contribution is 2.19. The summed E-state index contributed by atoms with van der Waals surface area (Å²) in [6.07, 6.45) is 1.71. The van der Waals surface area contributed by atoms with Crippen LogP contribution in [0.15, 0.2) is 30.9 Å². The summed E-state index contributed by atoms with van der Waals surface area (Å²) in [5.41, 5.74) is 7.85. The lowest BCUT2D eigenvalue weighted by Crippen LogP contribution is -2.06. The van der Waals surface area contributed by atoms with E-state index >= 15 is 0 Å². The van der Waals surface area contributed by atoms with Gasteiger partial charge < -0.3 is 5.73 Å². The third kappa shape index (κ3) is 1.87. The molecule has 2 N–H and O–H groups in total. The Morgan fingerprint density at radius 2 is 2.25 bits per heavy atom. The molecule has 0 saturated carbocycles. The first kappa shape index (κ1) is 9.30. The molecular weight excluding hydrogens is 170 g/mol. The zero-order chi connectivity index (χ0) is 9.14. The van der Waals surface area contributed by atoms with Crippen LogP contribution in [0.25, 0.3) is 0 Å². The number of hydrogen-bond acceptors (Lipinski definition) is 1. The van der Waals surface area contributed by atoms with Gasteiger partial charge in [0, 0.05) is 11.1 Å². The van der Waals surface area contributed by atoms with Crippen LogP contribution in [0.3, 0.4) is 0 Å². The average molecular weight is 182 g/mol. The number of aryl methyl sites for hydroxylation is 1. The summed E-state index contributed by atoms with van der Waals surface area (Å²) in [5, 5.41) is 0.773. The van der Waals surface area contributed by atoms with E-state index in [4.69, 9.17) is 17.3 Å². The monoisotopic (exact) mass is 181 g/mol. The summed E-state index contributed by atoms with van der Waals surface area (Å²) in [6, 6.07) is 5.66. The second-order valence-corrected chi connectivity index (χ2v) is 3.18. The van der Waals surface area contributed by atoms with Crippen molar-refractivity contribution in [3.05, 3.63) is 47.0 Å². The van der Waals surface area contributed by atoms with Crippen molar-refractivity contribution in [2.24, 2.45) is 5.73 Å². The Hall–Kier alpha value is -0.790. The zero-order valence-electron chi connectivity index (χ0n) is 7.05. The summed E-state index contributed by atoms with van der Waals surface area (Å²) in [7, 11) is 0. The Labute approximate surface area is 77.8 Å². The van der Waals surface area contributed by atoms with Crippen molar-refractivity contribution in [3.63, 3.8) is 0 Å². The Bertz CT molecular complexity index is 294. The highest BCUT2D eigenvalue weighted by atomic mass is 35.5. The van der Waals surface area contributed by atoms with Crippen molar-refractivity contribution in [2.75, 3.05) is 0 Å². The standard InChI is InChI=1S/C10H12ClN/c1-3-10(12)8-4-5-9(11)7(2)6-8/h3-6,10H,1,12H2,2H3. The highest BCUT2D eigenvalue weighted by Gasteiger charge is 2.02. The molecule has 0 bridgehead atoms. The minimum Gasteiger partial charge on any atom is -0.321 e. The molecule has 12 heavy (non-hydrogen) atoms. The molecule has 0 heterocycles. The smallest absolute Gasteiger partial charge is 0.0478 e. The number of halogens is 1. The second kappa shape index (κ2) is 3.74. The third-order valence-corrected chi connectivity index (χ3v) is 2.24. The van der Waals surface area contributed by atoms with Crippen LogP contribution in [0.1, 0.15) is 17.2 Å². The predicted molar refractivity (Wildman–Crippen MR) is 53.3 cm³/mol. The normalized spacial score (nSPS) is 12.6. The van der Waals surface area contributed by atoms with E-state index in [9.17, 15) is 0 Å². The Morgan fingerprint density at radius 1 is 1.58 bits per heavy atom. The summed E-state index contributed by atoms with van der Waals surface area (Å²) in [6.45, 7) is 5.59. The highest BCUT2D eigenvalue weighted by molar-refractivity contribution is 6.31. The van der Waals surface area contributed by atoms with Gasteiger partial charge in [-0.05, 0) is 24.1 Å². The predicted octanol–water partition coefficient (Wildman–Crippen LogP) is 2.83. The zero-order valence-corrected chi connectivity index (χ0v) is 7.81. The first-order valence-electron chi connectivity index (χ1n) is 3.79. The van der Waals surface area contributed by atoms with Gasteiger partial charge >= 0.3 is 0 Å². The summed E-state index contributed by atoms with van der Waals surface area (Å²) < 4.78 is 0. The molecule has 1 aromatic rings. The largest absolute Gasteiger partial charge is 0.321 e. The molecule has 0 aromatic heterocycles. The van der Waals surface area contributed by atoms with Gasteiger partial charge in [0.15, 0.2) is 0 Å². The van der Waals surface area contributed by atoms with Crippen LogP contribution in [0.2, 0.25) is 5.02 Å². The molecular formula is C10H12ClN. The minimum atomic E-state index is -0.0963. The molecule has 0 radical (unpaired) electrons. The van der Waals surface area contributed by atoms with Crippen LogP contribution in [-0.2, 0) is 0 Å². The molecule has 1 rings (SSSR count). The van der Waals surface area contributed by atoms with Gasteiger partial charge in [-0.25, -0.2) is 0 Å². The number of hydrogen-bond donors (Lipinski definition) is 1. The molecule has 1 nitrogen and oxygen atoms in total. The first-order valence-corrected chi connectivity index (χ1v) is 4.17. The SMILES string of the molecule is C=CC(N)c1ccc(Cl)c(C)c1. The molecule has 0 spiro atoms. The van der Waals surface area contributed by atoms with Gasteiger partial charge in [0.2, 0.25) is 0 Å². The van der Waals surface area contributed by atoms with Crippen LogP contribution in [-0.4, -0.2) is 0 Å². The fraction of sp³-hybridized carbons (Fsp3) is 0.200. The van der Waals surface area contributed by atoms with Crippen molar-refractivity contribution < 1.29 is 0 Å². The van der Waals surface area contributed by atoms with E-state index in [0.29, 0.717) is 0 Å². The first-order chi connectivity index (χ1) is 5.65. The van der Waals surface area contributed by atoms with Crippen LogP contribution in [0.5, 0.6) is 0 Å². The van der Waals surface area contributed by atoms with Gasteiger partial charge in [0.1, 0.15) is 0 Å². The van der Waals surface area contributed by atoms with E-state index in [1.54, 1.807) is 6.08 Å². The van der Waals surface area contributed by atoms with E-state index in [0.717, 1.165) is 16.1 Å². The van der Waals surface area contributed by atoms with Crippen molar-refractivity contribution in [1.29, 1.82) is 0 Å². The van der Waals surface area contributed by atoms with Crippen LogP contribution in [0, 0.1) is 6.92 Å². The maximum Gasteiger partial charge on any atom is 0.0478 e. The van der Waals surface area contributed by atoms with Gasteiger partial charge in [-0.1, -0.05) is 29.8 Å². The van der Waals surface area contributed by atoms with Crippen LogP contribution in [0.4, 0.5) is 0 Å². The lowest BCUT2D eigenvalue weighted by molar-refractivity contribution is 0.912. The van der Waals surface area contributed by atoms with E-state index in [1.807, 2.05) is 25.1 Å². The molecule has 0 fully saturated rings. The van der Waals surface area contributed by atoms with Crippen LogP contribution < -0.4 is 5.73 Å². The molecule has 64 valence electrons. The molecule has 1 aromatic carbocycles. The molecule has 0 aliphatic heterocycles. The topological polar surface area (TPSA) is 26.0 Å². The molecule has 0 aliphatic rings. The van der Waals surface area contributed by atoms with Crippen LogP contribution >= 0.6 is 11.6 Å². The van der Waals surface area contributed by atoms with Gasteiger partial charge in [0.25, 0.3) is 0 Å². The minimum absolute atomic E-state index is 0.0963. The maximum absolute atomic E-state index is 5.86. The molecule has 1 unspecified atom stereocenters. The summed E-state index contributed by atoms with van der Waals surface area (Å²) >= 11 is 5.86. The maximum atomic E-state index is 5.86. The Kier molecular flexibility index (Phi) is 2.90. The fourth-order valence-corrected chi connectivity index (χ4v) is 1.13. The van der Waals surface area contributed by atoms with Gasteiger partial charge in [-0.3, -0.25) is 0 Å². The van der Waals surface area contributed by atoms with Crippen molar-refractivity contribution >= 4 is 11.6 Å². The summed E-state index contributed by atoms with van der Waals surface area (Å²) in [5.74, 6) is 0.